The van der Waals surface area contributed by atoms with Crippen LogP contribution in [-0.2, 0) is 22.4 Å². The summed E-state index contributed by atoms with van der Waals surface area (Å²) in [5.41, 5.74) is 3.93. The minimum Gasteiger partial charge on any atom is -0.507 e. The topological polar surface area (TPSA) is 66.8 Å². The van der Waals surface area contributed by atoms with Crippen molar-refractivity contribution in [2.75, 3.05) is 12.0 Å². The van der Waals surface area contributed by atoms with E-state index in [4.69, 9.17) is 4.74 Å². The number of amides is 1. The van der Waals surface area contributed by atoms with Crippen molar-refractivity contribution in [2.45, 2.75) is 31.7 Å². The summed E-state index contributed by atoms with van der Waals surface area (Å²) < 4.78 is 18.8. The Morgan fingerprint density at radius 2 is 1.62 bits per heavy atom. The molecule has 1 aliphatic carbocycles. The van der Waals surface area contributed by atoms with E-state index in [1.54, 1.807) is 37.4 Å². The number of ether oxygens (including phenoxy) is 1. The minimum absolute atomic E-state index is 0.00949. The summed E-state index contributed by atoms with van der Waals surface area (Å²) in [4.78, 5) is 27.8. The van der Waals surface area contributed by atoms with Crippen molar-refractivity contribution in [1.82, 2.24) is 0 Å². The van der Waals surface area contributed by atoms with Crippen LogP contribution in [0.2, 0.25) is 0 Å². The molecular formula is C28H24FNO4. The summed E-state index contributed by atoms with van der Waals surface area (Å²) >= 11 is 0. The lowest BCUT2D eigenvalue weighted by Gasteiger charge is -2.25. The molecule has 34 heavy (non-hydrogen) atoms. The van der Waals surface area contributed by atoms with E-state index in [1.165, 1.54) is 34.7 Å². The highest BCUT2D eigenvalue weighted by Gasteiger charge is 2.47. The minimum atomic E-state index is -0.868. The molecule has 5 nitrogen and oxygen atoms in total. The fraction of sp³-hybridized carbons (Fsp3) is 0.214. The third kappa shape index (κ3) is 3.75. The molecule has 2 aliphatic rings. The smallest absolute Gasteiger partial charge is 0.300 e. The first-order chi connectivity index (χ1) is 16.5. The highest BCUT2D eigenvalue weighted by atomic mass is 19.1. The van der Waals surface area contributed by atoms with Crippen molar-refractivity contribution in [3.63, 3.8) is 0 Å². The second-order valence-corrected chi connectivity index (χ2v) is 8.61. The normalized spacial score (nSPS) is 19.2. The van der Waals surface area contributed by atoms with Crippen molar-refractivity contribution in [2.24, 2.45) is 0 Å². The Balaban J connectivity index is 1.68. The monoisotopic (exact) mass is 457 g/mol. The van der Waals surface area contributed by atoms with Crippen molar-refractivity contribution < 1.29 is 23.8 Å². The maximum atomic E-state index is 13.6. The van der Waals surface area contributed by atoms with Crippen molar-refractivity contribution in [3.05, 3.63) is 100 Å². The molecule has 0 spiro atoms. The largest absolute Gasteiger partial charge is 0.507 e. The number of rotatable bonds is 4. The maximum absolute atomic E-state index is 13.6. The number of aliphatic hydroxyl groups is 1. The predicted octanol–water partition coefficient (Wildman–Crippen LogP) is 5.34. The first-order valence-electron chi connectivity index (χ1n) is 11.3. The molecule has 172 valence electrons. The molecule has 1 atom stereocenters. The molecule has 1 heterocycles. The van der Waals surface area contributed by atoms with E-state index in [2.05, 4.69) is 0 Å². The number of carbonyl (C=O) groups is 2. The summed E-state index contributed by atoms with van der Waals surface area (Å²) in [5.74, 6) is -1.59. The van der Waals surface area contributed by atoms with Gasteiger partial charge in [-0.3, -0.25) is 14.5 Å². The molecule has 1 aliphatic heterocycles. The standard InChI is InChI=1S/C28H24FNO4/c1-34-23-14-8-18(9-15-23)25-24(26(31)20-7-6-17-4-2-3-5-19(17)16-20)27(32)28(33)30(25)22-12-10-21(29)11-13-22/h6-16,25,31H,2-5H2,1H3/b26-24-. The highest BCUT2D eigenvalue weighted by molar-refractivity contribution is 6.51. The van der Waals surface area contributed by atoms with Crippen LogP contribution in [0.5, 0.6) is 5.75 Å². The van der Waals surface area contributed by atoms with E-state index in [-0.39, 0.29) is 11.3 Å². The van der Waals surface area contributed by atoms with Gasteiger partial charge in [0.1, 0.15) is 17.3 Å². The number of aryl methyl sites for hydroxylation is 2. The van der Waals surface area contributed by atoms with Gasteiger partial charge in [-0.2, -0.15) is 0 Å². The number of carbonyl (C=O) groups excluding carboxylic acids is 2. The highest BCUT2D eigenvalue weighted by Crippen LogP contribution is 2.42. The third-order valence-electron chi connectivity index (χ3n) is 6.60. The summed E-state index contributed by atoms with van der Waals surface area (Å²) in [7, 11) is 1.55. The summed E-state index contributed by atoms with van der Waals surface area (Å²) in [5, 5.41) is 11.3. The Morgan fingerprint density at radius 3 is 2.29 bits per heavy atom. The molecule has 1 fully saturated rings. The van der Waals surface area contributed by atoms with Crippen LogP contribution in [0.25, 0.3) is 5.76 Å². The summed E-state index contributed by atoms with van der Waals surface area (Å²) in [6.07, 6.45) is 4.13. The van der Waals surface area contributed by atoms with Crippen LogP contribution in [0.4, 0.5) is 10.1 Å². The number of methoxy groups -OCH3 is 1. The van der Waals surface area contributed by atoms with Gasteiger partial charge in [-0.15, -0.1) is 0 Å². The molecule has 5 rings (SSSR count). The molecule has 0 saturated carbocycles. The van der Waals surface area contributed by atoms with Crippen LogP contribution in [0, 0.1) is 5.82 Å². The van der Waals surface area contributed by atoms with E-state index in [0.717, 1.165) is 31.2 Å². The molecule has 1 unspecified atom stereocenters. The number of halogens is 1. The van der Waals surface area contributed by atoms with Crippen LogP contribution in [0.15, 0.2) is 72.3 Å². The Kier molecular flexibility index (Phi) is 5.65. The SMILES string of the molecule is COc1ccc(C2/C(=C(/O)c3ccc4c(c3)CCCC4)C(=O)C(=O)N2c2ccc(F)cc2)cc1. The zero-order valence-corrected chi connectivity index (χ0v) is 18.8. The lowest BCUT2D eigenvalue weighted by molar-refractivity contribution is -0.132. The predicted molar refractivity (Wildman–Crippen MR) is 127 cm³/mol. The molecule has 3 aromatic rings. The second kappa shape index (κ2) is 8.78. The lowest BCUT2D eigenvalue weighted by Crippen LogP contribution is -2.29. The fourth-order valence-electron chi connectivity index (χ4n) is 4.84. The number of hydrogen-bond acceptors (Lipinski definition) is 4. The van der Waals surface area contributed by atoms with Gasteiger partial charge < -0.3 is 9.84 Å². The first-order valence-corrected chi connectivity index (χ1v) is 11.3. The third-order valence-corrected chi connectivity index (χ3v) is 6.60. The van der Waals surface area contributed by atoms with Gasteiger partial charge >= 0.3 is 0 Å². The van der Waals surface area contributed by atoms with Gasteiger partial charge in [0.2, 0.25) is 0 Å². The molecule has 3 aromatic carbocycles. The van der Waals surface area contributed by atoms with Gasteiger partial charge in [0, 0.05) is 11.3 Å². The Hall–Kier alpha value is -3.93. The molecule has 6 heteroatoms. The number of ketones is 1. The summed E-state index contributed by atoms with van der Waals surface area (Å²) in [6, 6.07) is 17.2. The number of aliphatic hydroxyl groups excluding tert-OH is 1. The molecule has 1 amide bonds. The molecule has 0 bridgehead atoms. The number of fused-ring (bicyclic) bond motifs is 1. The van der Waals surface area contributed by atoms with E-state index >= 15 is 0 Å². The van der Waals surface area contributed by atoms with Gasteiger partial charge in [0.25, 0.3) is 11.7 Å². The van der Waals surface area contributed by atoms with Crippen LogP contribution < -0.4 is 9.64 Å². The fourth-order valence-corrected chi connectivity index (χ4v) is 4.84. The zero-order valence-electron chi connectivity index (χ0n) is 18.8. The Labute approximate surface area is 197 Å². The average Bonchev–Trinajstić information content (AvgIpc) is 3.14. The van der Waals surface area contributed by atoms with Gasteiger partial charge in [0.15, 0.2) is 0 Å². The summed E-state index contributed by atoms with van der Waals surface area (Å²) in [6.45, 7) is 0. The average molecular weight is 458 g/mol. The van der Waals surface area contributed by atoms with Gasteiger partial charge in [0.05, 0.1) is 18.7 Å². The van der Waals surface area contributed by atoms with Crippen LogP contribution in [-0.4, -0.2) is 23.9 Å². The molecule has 0 radical (unpaired) electrons. The number of anilines is 1. The van der Waals surface area contributed by atoms with Crippen molar-refractivity contribution in [3.8, 4) is 5.75 Å². The second-order valence-electron chi connectivity index (χ2n) is 8.61. The molecule has 0 aromatic heterocycles. The van der Waals surface area contributed by atoms with Crippen LogP contribution in [0.3, 0.4) is 0 Å². The first kappa shape index (κ1) is 21.9. The maximum Gasteiger partial charge on any atom is 0.300 e. The van der Waals surface area contributed by atoms with Crippen molar-refractivity contribution >= 4 is 23.1 Å². The number of Topliss-reactive ketones (excluding diaryl/α,β-unsaturated/α-hetero) is 1. The molecular weight excluding hydrogens is 433 g/mol. The van der Waals surface area contributed by atoms with E-state index in [0.29, 0.717) is 22.6 Å². The number of nitrogens with zero attached hydrogens (tertiary/aromatic N) is 1. The quantitative estimate of drug-likeness (QED) is 0.326. The Morgan fingerprint density at radius 1 is 0.941 bits per heavy atom. The zero-order chi connectivity index (χ0) is 23.8. The number of benzene rings is 3. The van der Waals surface area contributed by atoms with Crippen LogP contribution in [0.1, 0.15) is 41.1 Å². The van der Waals surface area contributed by atoms with Crippen molar-refractivity contribution in [1.29, 1.82) is 0 Å². The van der Waals surface area contributed by atoms with Gasteiger partial charge in [-0.05, 0) is 84.8 Å². The van der Waals surface area contributed by atoms with E-state index in [9.17, 15) is 19.1 Å². The lowest BCUT2D eigenvalue weighted by atomic mass is 9.88. The van der Waals surface area contributed by atoms with E-state index in [1.807, 2.05) is 12.1 Å². The molecule has 1 N–H and O–H groups in total. The Bertz CT molecular complexity index is 1290. The van der Waals surface area contributed by atoms with E-state index < -0.39 is 23.5 Å². The van der Waals surface area contributed by atoms with Gasteiger partial charge in [-0.25, -0.2) is 4.39 Å². The number of hydrogen-bond donors (Lipinski definition) is 1. The molecule has 1 saturated heterocycles. The van der Waals surface area contributed by atoms with Crippen LogP contribution >= 0.6 is 0 Å². The van der Waals surface area contributed by atoms with Gasteiger partial charge in [-0.1, -0.05) is 24.3 Å².